The number of methoxy groups -OCH3 is 1. The Morgan fingerprint density at radius 1 is 1.60 bits per heavy atom. The number of rotatable bonds is 1. The Morgan fingerprint density at radius 2 is 2.40 bits per heavy atom. The fourth-order valence-electron chi connectivity index (χ4n) is 1.30. The van der Waals surface area contributed by atoms with Crippen LogP contribution in [0, 0.1) is 5.82 Å². The molecule has 0 spiro atoms. The van der Waals surface area contributed by atoms with Gasteiger partial charge < -0.3 is 9.57 Å². The molecule has 0 unspecified atom stereocenters. The van der Waals surface area contributed by atoms with Gasteiger partial charge in [0, 0.05) is 18.1 Å². The molecule has 0 bridgehead atoms. The molecule has 0 amide bonds. The molecule has 78 valence electrons. The van der Waals surface area contributed by atoms with Crippen LogP contribution in [0.2, 0.25) is 0 Å². The number of carbonyl (C=O) groups is 1. The number of fused-ring (bicyclic) bond motifs is 1. The van der Waals surface area contributed by atoms with Crippen molar-refractivity contribution >= 4 is 11.7 Å². The monoisotopic (exact) mass is 209 g/mol. The van der Waals surface area contributed by atoms with Crippen LogP contribution in [0.5, 0.6) is 5.75 Å². The van der Waals surface area contributed by atoms with E-state index in [-0.39, 0.29) is 5.71 Å². The summed E-state index contributed by atoms with van der Waals surface area (Å²) in [6.07, 6.45) is 0.294. The molecular formula is C10H8FNO3. The molecule has 0 radical (unpaired) electrons. The van der Waals surface area contributed by atoms with Gasteiger partial charge in [0.25, 0.3) is 0 Å². The molecule has 2 rings (SSSR count). The van der Waals surface area contributed by atoms with Crippen molar-refractivity contribution in [1.29, 1.82) is 0 Å². The van der Waals surface area contributed by atoms with Crippen molar-refractivity contribution < 1.29 is 18.8 Å². The van der Waals surface area contributed by atoms with Gasteiger partial charge in [-0.25, -0.2) is 9.18 Å². The molecule has 15 heavy (non-hydrogen) atoms. The zero-order valence-electron chi connectivity index (χ0n) is 7.99. The van der Waals surface area contributed by atoms with E-state index in [0.29, 0.717) is 17.7 Å². The van der Waals surface area contributed by atoms with Crippen molar-refractivity contribution in [2.75, 3.05) is 7.11 Å². The van der Waals surface area contributed by atoms with E-state index >= 15 is 0 Å². The van der Waals surface area contributed by atoms with Gasteiger partial charge >= 0.3 is 5.97 Å². The largest absolute Gasteiger partial charge is 0.464 e. The molecule has 0 aromatic heterocycles. The van der Waals surface area contributed by atoms with Gasteiger partial charge in [-0.3, -0.25) is 0 Å². The number of hydrogen-bond acceptors (Lipinski definition) is 4. The van der Waals surface area contributed by atoms with E-state index < -0.39 is 11.8 Å². The number of benzene rings is 1. The Balaban J connectivity index is 2.27. The molecule has 0 fully saturated rings. The smallest absolute Gasteiger partial charge is 0.356 e. The zero-order chi connectivity index (χ0) is 10.8. The summed E-state index contributed by atoms with van der Waals surface area (Å²) in [6, 6.07) is 4.09. The van der Waals surface area contributed by atoms with Crippen molar-refractivity contribution in [3.8, 4) is 5.75 Å². The maximum Gasteiger partial charge on any atom is 0.356 e. The molecule has 1 aromatic carbocycles. The number of carbonyl (C=O) groups excluding carboxylic acids is 1. The molecule has 0 atom stereocenters. The van der Waals surface area contributed by atoms with Gasteiger partial charge in [-0.05, 0) is 6.07 Å². The van der Waals surface area contributed by atoms with Crippen LogP contribution in [-0.4, -0.2) is 18.8 Å². The van der Waals surface area contributed by atoms with Crippen LogP contribution in [0.1, 0.15) is 5.56 Å². The highest BCUT2D eigenvalue weighted by molar-refractivity contribution is 6.37. The predicted molar refractivity (Wildman–Crippen MR) is 50.2 cm³/mol. The minimum Gasteiger partial charge on any atom is -0.464 e. The summed E-state index contributed by atoms with van der Waals surface area (Å²) in [7, 11) is 1.27. The first-order valence-electron chi connectivity index (χ1n) is 4.31. The van der Waals surface area contributed by atoms with Gasteiger partial charge in [0.1, 0.15) is 5.82 Å². The number of hydrogen-bond donors (Lipinski definition) is 0. The Hall–Kier alpha value is -1.91. The lowest BCUT2D eigenvalue weighted by Gasteiger charge is -2.13. The third kappa shape index (κ3) is 1.81. The third-order valence-corrected chi connectivity index (χ3v) is 2.06. The quantitative estimate of drug-likeness (QED) is 0.655. The van der Waals surface area contributed by atoms with Crippen LogP contribution < -0.4 is 4.84 Å². The first-order chi connectivity index (χ1) is 7.20. The molecule has 0 saturated heterocycles. The van der Waals surface area contributed by atoms with Gasteiger partial charge in [-0.15, -0.1) is 0 Å². The Kier molecular flexibility index (Phi) is 2.37. The average molecular weight is 209 g/mol. The molecule has 1 heterocycles. The molecular weight excluding hydrogens is 201 g/mol. The summed E-state index contributed by atoms with van der Waals surface area (Å²) in [5, 5.41) is 3.56. The minimum atomic E-state index is -0.537. The van der Waals surface area contributed by atoms with Gasteiger partial charge in [-0.2, -0.15) is 0 Å². The lowest BCUT2D eigenvalue weighted by molar-refractivity contribution is -0.133. The zero-order valence-corrected chi connectivity index (χ0v) is 7.99. The average Bonchev–Trinajstić information content (AvgIpc) is 2.27. The highest BCUT2D eigenvalue weighted by atomic mass is 19.1. The highest BCUT2D eigenvalue weighted by Gasteiger charge is 2.21. The summed E-state index contributed by atoms with van der Waals surface area (Å²) in [5.74, 6) is -0.599. The second kappa shape index (κ2) is 3.68. The minimum absolute atomic E-state index is 0.177. The van der Waals surface area contributed by atoms with Crippen LogP contribution in [0.25, 0.3) is 0 Å². The molecule has 1 aromatic rings. The third-order valence-electron chi connectivity index (χ3n) is 2.06. The first kappa shape index (κ1) is 9.64. The second-order valence-corrected chi connectivity index (χ2v) is 3.05. The predicted octanol–water partition coefficient (Wildman–Crippen LogP) is 1.29. The van der Waals surface area contributed by atoms with Gasteiger partial charge in [0.2, 0.25) is 0 Å². The maximum absolute atomic E-state index is 12.8. The molecule has 0 N–H and O–H groups in total. The molecule has 5 heteroatoms. The summed E-state index contributed by atoms with van der Waals surface area (Å²) >= 11 is 0. The van der Waals surface area contributed by atoms with E-state index in [0.717, 1.165) is 0 Å². The van der Waals surface area contributed by atoms with E-state index in [4.69, 9.17) is 4.84 Å². The number of esters is 1. The van der Waals surface area contributed by atoms with E-state index in [2.05, 4.69) is 9.89 Å². The summed E-state index contributed by atoms with van der Waals surface area (Å²) < 4.78 is 17.3. The number of nitrogens with zero attached hydrogens (tertiary/aromatic N) is 1. The van der Waals surface area contributed by atoms with Crippen LogP contribution in [0.3, 0.4) is 0 Å². The molecule has 0 aliphatic carbocycles. The van der Waals surface area contributed by atoms with E-state index in [1.807, 2.05) is 0 Å². The van der Waals surface area contributed by atoms with Crippen LogP contribution in [0.4, 0.5) is 4.39 Å². The van der Waals surface area contributed by atoms with E-state index in [9.17, 15) is 9.18 Å². The van der Waals surface area contributed by atoms with Crippen molar-refractivity contribution in [2.45, 2.75) is 6.42 Å². The highest BCUT2D eigenvalue weighted by Crippen LogP contribution is 2.24. The Labute approximate surface area is 85.3 Å². The summed E-state index contributed by atoms with van der Waals surface area (Å²) in [4.78, 5) is 16.0. The summed E-state index contributed by atoms with van der Waals surface area (Å²) in [6.45, 7) is 0. The van der Waals surface area contributed by atoms with Crippen molar-refractivity contribution in [2.24, 2.45) is 5.16 Å². The topological polar surface area (TPSA) is 47.9 Å². The maximum atomic E-state index is 12.8. The second-order valence-electron chi connectivity index (χ2n) is 3.05. The standard InChI is InChI=1S/C10H8FNO3/c1-14-10(13)8-4-6-2-3-7(11)5-9(6)15-12-8/h2-3,5H,4H2,1H3. The number of halogens is 1. The van der Waals surface area contributed by atoms with Gasteiger partial charge in [0.15, 0.2) is 11.5 Å². The van der Waals surface area contributed by atoms with Gasteiger partial charge in [-0.1, -0.05) is 11.2 Å². The van der Waals surface area contributed by atoms with E-state index in [1.54, 1.807) is 6.07 Å². The number of ether oxygens (including phenoxy) is 1. The van der Waals surface area contributed by atoms with Crippen molar-refractivity contribution in [3.05, 3.63) is 29.6 Å². The lowest BCUT2D eigenvalue weighted by atomic mass is 10.1. The molecule has 1 aliphatic heterocycles. The molecule has 1 aliphatic rings. The van der Waals surface area contributed by atoms with E-state index in [1.165, 1.54) is 19.2 Å². The van der Waals surface area contributed by atoms with Gasteiger partial charge in [0.05, 0.1) is 7.11 Å². The van der Waals surface area contributed by atoms with Crippen LogP contribution >= 0.6 is 0 Å². The fraction of sp³-hybridized carbons (Fsp3) is 0.200. The molecule has 4 nitrogen and oxygen atoms in total. The number of oxime groups is 1. The lowest BCUT2D eigenvalue weighted by Crippen LogP contribution is -2.22. The Morgan fingerprint density at radius 3 is 3.13 bits per heavy atom. The first-order valence-corrected chi connectivity index (χ1v) is 4.31. The normalized spacial score (nSPS) is 13.6. The van der Waals surface area contributed by atoms with Crippen molar-refractivity contribution in [1.82, 2.24) is 0 Å². The summed E-state index contributed by atoms with van der Waals surface area (Å²) in [5.41, 5.74) is 0.892. The van der Waals surface area contributed by atoms with Crippen LogP contribution in [0.15, 0.2) is 23.4 Å². The molecule has 0 saturated carbocycles. The fourth-order valence-corrected chi connectivity index (χ4v) is 1.30. The van der Waals surface area contributed by atoms with Crippen LogP contribution in [-0.2, 0) is 16.0 Å². The van der Waals surface area contributed by atoms with Crippen molar-refractivity contribution in [3.63, 3.8) is 0 Å². The SMILES string of the molecule is COC(=O)C1=NOc2cc(F)ccc2C1. The Bertz CT molecular complexity index is 442.